The number of nitrogens with two attached hydrogens (primary N) is 1. The number of ether oxygens (including phenoxy) is 1. The third-order valence-electron chi connectivity index (χ3n) is 8.34. The molecule has 13 nitrogen and oxygen atoms in total. The second-order valence-corrected chi connectivity index (χ2v) is 11.4. The van der Waals surface area contributed by atoms with Gasteiger partial charge in [-0.05, 0) is 38.6 Å². The first-order chi connectivity index (χ1) is 19.7. The molecule has 0 saturated heterocycles. The standard InChI is InChI=1S/C29H38N4O9/c1-6-7-8-9-42-29(41)31-14-11-15(32(2)3)12-10-13-17(24(36)16(12)23(14)35)25(37)19-18(22(13)34)21(33(4)5)27(39)20(26(19)38)28(30)40/h11,13,18-19,21-22,34-36,39H,6-10H2,1-5H3,(H2,30,40)(H,31,41)/t13?,18?,19?,21-,22-/m0/s1. The van der Waals surface area contributed by atoms with Crippen molar-refractivity contribution in [2.75, 3.05) is 45.0 Å². The van der Waals surface area contributed by atoms with E-state index in [2.05, 4.69) is 5.32 Å². The predicted molar refractivity (Wildman–Crippen MR) is 153 cm³/mol. The van der Waals surface area contributed by atoms with Crippen molar-refractivity contribution in [1.82, 2.24) is 4.90 Å². The molecule has 13 heteroatoms. The second-order valence-electron chi connectivity index (χ2n) is 11.4. The third-order valence-corrected chi connectivity index (χ3v) is 8.34. The monoisotopic (exact) mass is 586 g/mol. The Labute approximate surface area is 243 Å². The Balaban J connectivity index is 1.84. The second kappa shape index (κ2) is 11.6. The van der Waals surface area contributed by atoms with E-state index in [9.17, 15) is 39.6 Å². The van der Waals surface area contributed by atoms with Crippen molar-refractivity contribution in [3.8, 4) is 5.75 Å². The molecular weight excluding hydrogens is 548 g/mol. The van der Waals surface area contributed by atoms with E-state index in [0.717, 1.165) is 12.8 Å². The quantitative estimate of drug-likeness (QED) is 0.112. The molecule has 1 aromatic rings. The maximum Gasteiger partial charge on any atom is 0.411 e. The number of aromatic hydroxyl groups is 1. The number of aliphatic hydroxyl groups is 3. The Hall–Kier alpha value is -4.10. The van der Waals surface area contributed by atoms with Gasteiger partial charge in [0.25, 0.3) is 5.91 Å². The van der Waals surface area contributed by atoms with Crippen LogP contribution in [0.15, 0.2) is 23.0 Å². The molecule has 228 valence electrons. The first-order valence-corrected chi connectivity index (χ1v) is 13.8. The number of rotatable bonds is 8. The van der Waals surface area contributed by atoms with Crippen LogP contribution in [0.3, 0.4) is 0 Å². The number of nitrogens with zero attached hydrogens (tertiary/aromatic N) is 2. The molecule has 1 fully saturated rings. The molecule has 3 aliphatic carbocycles. The number of anilines is 2. The summed E-state index contributed by atoms with van der Waals surface area (Å²) in [6.07, 6.45) is 0.235. The van der Waals surface area contributed by atoms with Crippen molar-refractivity contribution in [2.45, 2.75) is 44.8 Å². The third kappa shape index (κ3) is 4.96. The zero-order valence-corrected chi connectivity index (χ0v) is 24.3. The van der Waals surface area contributed by atoms with Gasteiger partial charge in [0.2, 0.25) is 0 Å². The van der Waals surface area contributed by atoms with Crippen molar-refractivity contribution >= 4 is 40.7 Å². The van der Waals surface area contributed by atoms with Crippen LogP contribution in [-0.4, -0.2) is 95.8 Å². The van der Waals surface area contributed by atoms with Gasteiger partial charge in [0.15, 0.2) is 17.3 Å². The van der Waals surface area contributed by atoms with Crippen LogP contribution in [0.1, 0.15) is 37.3 Å². The molecule has 0 heterocycles. The number of unbranched alkanes of at least 4 members (excludes halogenated alkanes) is 2. The lowest BCUT2D eigenvalue weighted by atomic mass is 9.58. The van der Waals surface area contributed by atoms with Crippen LogP contribution in [0.25, 0.3) is 5.76 Å². The summed E-state index contributed by atoms with van der Waals surface area (Å²) in [5, 5.41) is 47.8. The van der Waals surface area contributed by atoms with Gasteiger partial charge >= 0.3 is 6.09 Å². The van der Waals surface area contributed by atoms with E-state index in [4.69, 9.17) is 10.5 Å². The first kappa shape index (κ1) is 30.8. The van der Waals surface area contributed by atoms with Gasteiger partial charge in [-0.3, -0.25) is 24.6 Å². The van der Waals surface area contributed by atoms with Crippen molar-refractivity contribution in [3.05, 3.63) is 34.1 Å². The van der Waals surface area contributed by atoms with Crippen LogP contribution < -0.4 is 16.0 Å². The molecule has 0 spiro atoms. The summed E-state index contributed by atoms with van der Waals surface area (Å²) in [5.41, 5.74) is 5.05. The van der Waals surface area contributed by atoms with Crippen molar-refractivity contribution in [1.29, 1.82) is 0 Å². The maximum atomic E-state index is 14.0. The van der Waals surface area contributed by atoms with Crippen LogP contribution >= 0.6 is 0 Å². The highest BCUT2D eigenvalue weighted by Crippen LogP contribution is 2.53. The zero-order chi connectivity index (χ0) is 31.2. The van der Waals surface area contributed by atoms with Crippen LogP contribution in [-0.2, 0) is 25.5 Å². The number of primary amides is 1. The Morgan fingerprint density at radius 3 is 2.33 bits per heavy atom. The lowest BCUT2D eigenvalue weighted by molar-refractivity contribution is -0.143. The first-order valence-electron chi connectivity index (χ1n) is 13.8. The van der Waals surface area contributed by atoms with Gasteiger partial charge in [-0.1, -0.05) is 19.8 Å². The highest BCUT2D eigenvalue weighted by Gasteiger charge is 2.59. The van der Waals surface area contributed by atoms with Gasteiger partial charge in [-0.2, -0.15) is 0 Å². The average Bonchev–Trinajstić information content (AvgIpc) is 2.90. The molecule has 0 aliphatic heterocycles. The fourth-order valence-electron chi connectivity index (χ4n) is 6.46. The Morgan fingerprint density at radius 2 is 1.76 bits per heavy atom. The van der Waals surface area contributed by atoms with Crippen LogP contribution in [0.2, 0.25) is 0 Å². The van der Waals surface area contributed by atoms with E-state index in [1.54, 1.807) is 33.1 Å². The number of hydrogen-bond acceptors (Lipinski definition) is 11. The largest absolute Gasteiger partial charge is 0.510 e. The molecule has 3 unspecified atom stereocenters. The number of carbonyl (C=O) groups is 4. The van der Waals surface area contributed by atoms with E-state index in [-0.39, 0.29) is 29.9 Å². The molecule has 7 N–H and O–H groups in total. The topological polar surface area (TPSA) is 203 Å². The fraction of sp³-hybridized carbons (Fsp3) is 0.517. The number of benzene rings is 1. The van der Waals surface area contributed by atoms with Gasteiger partial charge in [0.1, 0.15) is 17.1 Å². The maximum absolute atomic E-state index is 14.0. The number of likely N-dealkylation sites (N-methyl/N-ethyl adjacent to an activating group) is 1. The highest BCUT2D eigenvalue weighted by atomic mass is 16.5. The number of phenols is 1. The molecule has 5 atom stereocenters. The SMILES string of the molecule is CCCCCOC(=O)Nc1cc(N(C)C)c2c(c1O)C(O)=C1C(=O)C3C(=O)C(C(N)=O)=C(O)[C@@H](N(C)C)C3[C@@H](O)C1C2. The van der Waals surface area contributed by atoms with Crippen LogP contribution in [0.4, 0.5) is 16.2 Å². The molecule has 2 amide bonds. The molecule has 4 rings (SSSR count). The Bertz CT molecular complexity index is 1400. The van der Waals surface area contributed by atoms with E-state index in [1.165, 1.54) is 11.0 Å². The Morgan fingerprint density at radius 1 is 1.10 bits per heavy atom. The number of Topliss-reactive ketones (excluding diaryl/α,β-unsaturated/α-hetero) is 2. The van der Waals surface area contributed by atoms with Crippen molar-refractivity contribution in [2.24, 2.45) is 23.5 Å². The van der Waals surface area contributed by atoms with Gasteiger partial charge in [-0.25, -0.2) is 4.79 Å². The molecule has 0 bridgehead atoms. The predicted octanol–water partition coefficient (Wildman–Crippen LogP) is 1.62. The van der Waals surface area contributed by atoms with Gasteiger partial charge in [0, 0.05) is 37.2 Å². The summed E-state index contributed by atoms with van der Waals surface area (Å²) in [7, 11) is 6.55. The van der Waals surface area contributed by atoms with Gasteiger partial charge in [0.05, 0.1) is 35.9 Å². The fourth-order valence-corrected chi connectivity index (χ4v) is 6.46. The minimum Gasteiger partial charge on any atom is -0.510 e. The van der Waals surface area contributed by atoms with Crippen LogP contribution in [0.5, 0.6) is 5.75 Å². The summed E-state index contributed by atoms with van der Waals surface area (Å²) in [4.78, 5) is 55.1. The molecule has 0 radical (unpaired) electrons. The molecule has 42 heavy (non-hydrogen) atoms. The molecule has 0 aromatic heterocycles. The van der Waals surface area contributed by atoms with E-state index in [1.807, 2.05) is 6.92 Å². The number of amides is 2. The number of carbonyl (C=O) groups excluding carboxylic acids is 4. The summed E-state index contributed by atoms with van der Waals surface area (Å²) in [5.74, 6) is -8.68. The van der Waals surface area contributed by atoms with E-state index in [0.29, 0.717) is 17.7 Å². The molecule has 1 aromatic carbocycles. The summed E-state index contributed by atoms with van der Waals surface area (Å²) in [6, 6.07) is 0.413. The van der Waals surface area contributed by atoms with Gasteiger partial charge in [-0.15, -0.1) is 0 Å². The molecule has 3 aliphatic rings. The number of aliphatic hydroxyl groups excluding tert-OH is 3. The van der Waals surface area contributed by atoms with Crippen molar-refractivity contribution in [3.63, 3.8) is 0 Å². The minimum absolute atomic E-state index is 0.0187. The smallest absolute Gasteiger partial charge is 0.411 e. The lowest BCUT2D eigenvalue weighted by Crippen LogP contribution is -2.61. The highest BCUT2D eigenvalue weighted by molar-refractivity contribution is 6.28. The molecule has 1 saturated carbocycles. The molecular formula is C29H38N4O9. The minimum atomic E-state index is -1.62. The summed E-state index contributed by atoms with van der Waals surface area (Å²) >= 11 is 0. The summed E-state index contributed by atoms with van der Waals surface area (Å²) in [6.45, 7) is 2.19. The van der Waals surface area contributed by atoms with Gasteiger partial charge < -0.3 is 35.8 Å². The van der Waals surface area contributed by atoms with E-state index < -0.39 is 76.3 Å². The number of ketones is 2. The average molecular weight is 587 g/mol. The van der Waals surface area contributed by atoms with Crippen LogP contribution in [0, 0.1) is 17.8 Å². The number of hydrogen-bond donors (Lipinski definition) is 6. The lowest BCUT2D eigenvalue weighted by Gasteiger charge is -2.49. The van der Waals surface area contributed by atoms with E-state index >= 15 is 0 Å². The number of phenolic OH excluding ortho intramolecular Hbond substituents is 1. The number of nitrogens with one attached hydrogen (secondary N) is 1. The number of fused-ring (bicyclic) bond motifs is 3. The Kier molecular flexibility index (Phi) is 8.55. The zero-order valence-electron chi connectivity index (χ0n) is 24.3. The normalized spacial score (nSPS) is 25.2. The summed E-state index contributed by atoms with van der Waals surface area (Å²) < 4.78 is 5.19. The van der Waals surface area contributed by atoms with Crippen molar-refractivity contribution < 1.29 is 44.3 Å².